The van der Waals surface area contributed by atoms with E-state index in [1.165, 1.54) is 0 Å². The second-order valence-electron chi connectivity index (χ2n) is 5.42. The fourth-order valence-electron chi connectivity index (χ4n) is 2.71. The lowest BCUT2D eigenvalue weighted by atomic mass is 10.1. The summed E-state index contributed by atoms with van der Waals surface area (Å²) < 4.78 is 34.4. The Labute approximate surface area is 132 Å². The number of benzene rings is 1. The molecule has 0 saturated carbocycles. The zero-order valence-electron chi connectivity index (χ0n) is 12.1. The Morgan fingerprint density at radius 2 is 2.09 bits per heavy atom. The number of nitrogens with zero attached hydrogens (tertiary/aromatic N) is 3. The number of rotatable bonds is 3. The van der Waals surface area contributed by atoms with Gasteiger partial charge < -0.3 is 9.05 Å². The first-order valence-corrected chi connectivity index (χ1v) is 8.85. The van der Waals surface area contributed by atoms with Crippen molar-refractivity contribution >= 4 is 9.84 Å². The van der Waals surface area contributed by atoms with E-state index in [9.17, 15) is 8.42 Å². The number of hydrogen-bond donors (Lipinski definition) is 0. The van der Waals surface area contributed by atoms with Gasteiger partial charge >= 0.3 is 0 Å². The van der Waals surface area contributed by atoms with Gasteiger partial charge in [-0.15, -0.1) is 0 Å². The van der Waals surface area contributed by atoms with E-state index < -0.39 is 9.84 Å². The Bertz CT molecular complexity index is 945. The molecule has 7 nitrogen and oxygen atoms in total. The molecule has 3 aromatic rings. The molecule has 1 aliphatic heterocycles. The van der Waals surface area contributed by atoms with Crippen LogP contribution in [0.2, 0.25) is 0 Å². The van der Waals surface area contributed by atoms with Gasteiger partial charge in [0.2, 0.25) is 0 Å². The minimum Gasteiger partial charge on any atom is -0.361 e. The van der Waals surface area contributed by atoms with Crippen LogP contribution in [0.3, 0.4) is 0 Å². The molecule has 0 saturated heterocycles. The topological polar surface area (TPSA) is 99.1 Å². The monoisotopic (exact) mass is 331 g/mol. The molecule has 3 heterocycles. The van der Waals surface area contributed by atoms with Crippen LogP contribution in [0.25, 0.3) is 11.5 Å². The van der Waals surface area contributed by atoms with Crippen molar-refractivity contribution in [2.45, 2.75) is 24.2 Å². The Morgan fingerprint density at radius 1 is 1.17 bits per heavy atom. The lowest BCUT2D eigenvalue weighted by molar-refractivity contribution is 0.382. The van der Waals surface area contributed by atoms with E-state index in [-0.39, 0.29) is 5.75 Å². The van der Waals surface area contributed by atoms with Crippen LogP contribution in [-0.2, 0) is 22.7 Å². The van der Waals surface area contributed by atoms with Crippen LogP contribution in [0.4, 0.5) is 0 Å². The predicted octanol–water partition coefficient (Wildman–Crippen LogP) is 2.04. The molecule has 4 rings (SSSR count). The maximum atomic E-state index is 12.0. The molecule has 1 aliphatic rings. The van der Waals surface area contributed by atoms with E-state index in [1.807, 2.05) is 6.07 Å². The molecule has 0 fully saturated rings. The van der Waals surface area contributed by atoms with Gasteiger partial charge in [0, 0.05) is 11.6 Å². The van der Waals surface area contributed by atoms with Crippen molar-refractivity contribution in [2.24, 2.45) is 0 Å². The van der Waals surface area contributed by atoms with Gasteiger partial charge in [0.25, 0.3) is 5.89 Å². The molecule has 8 heteroatoms. The third-order valence-corrected chi connectivity index (χ3v) is 5.69. The molecule has 0 N–H and O–H groups in total. The van der Waals surface area contributed by atoms with E-state index in [2.05, 4.69) is 15.3 Å². The lowest BCUT2D eigenvalue weighted by Crippen LogP contribution is -2.15. The number of aromatic nitrogens is 3. The molecule has 2 aromatic heterocycles. The largest absolute Gasteiger partial charge is 0.361 e. The highest BCUT2D eigenvalue weighted by Crippen LogP contribution is 2.29. The molecule has 23 heavy (non-hydrogen) atoms. The lowest BCUT2D eigenvalue weighted by Gasteiger charge is -2.16. The van der Waals surface area contributed by atoms with Crippen molar-refractivity contribution < 1.29 is 17.5 Å². The van der Waals surface area contributed by atoms with Crippen molar-refractivity contribution in [1.82, 2.24) is 15.3 Å². The fraction of sp³-hybridized carbons (Fsp3) is 0.267. The van der Waals surface area contributed by atoms with E-state index >= 15 is 0 Å². The number of aryl methyl sites for hydroxylation is 1. The van der Waals surface area contributed by atoms with Crippen LogP contribution in [0.1, 0.15) is 23.6 Å². The van der Waals surface area contributed by atoms with Gasteiger partial charge in [-0.05, 0) is 36.6 Å². The van der Waals surface area contributed by atoms with E-state index in [0.29, 0.717) is 35.2 Å². The first-order chi connectivity index (χ1) is 11.1. The van der Waals surface area contributed by atoms with Crippen molar-refractivity contribution in [2.75, 3.05) is 5.75 Å². The van der Waals surface area contributed by atoms with Crippen molar-refractivity contribution in [1.29, 1.82) is 0 Å². The summed E-state index contributed by atoms with van der Waals surface area (Å²) in [4.78, 5) is 4.74. The Balaban J connectivity index is 1.65. The smallest absolute Gasteiger partial charge is 0.257 e. The third-order valence-electron chi connectivity index (χ3n) is 3.79. The van der Waals surface area contributed by atoms with Crippen LogP contribution >= 0.6 is 0 Å². The summed E-state index contributed by atoms with van der Waals surface area (Å²) in [5.41, 5.74) is 1.53. The summed E-state index contributed by atoms with van der Waals surface area (Å²) in [7, 11) is -3.16. The first-order valence-electron chi connectivity index (χ1n) is 7.20. The van der Waals surface area contributed by atoms with Crippen LogP contribution in [0.5, 0.6) is 0 Å². The molecule has 0 unspecified atom stereocenters. The summed E-state index contributed by atoms with van der Waals surface area (Å²) in [6.45, 7) is 0. The summed E-state index contributed by atoms with van der Waals surface area (Å²) in [6.07, 6.45) is 3.32. The zero-order valence-corrected chi connectivity index (χ0v) is 12.9. The van der Waals surface area contributed by atoms with Gasteiger partial charge in [-0.2, -0.15) is 4.98 Å². The molecule has 1 aromatic carbocycles. The quantitative estimate of drug-likeness (QED) is 0.724. The van der Waals surface area contributed by atoms with Gasteiger partial charge in [0.15, 0.2) is 15.7 Å². The zero-order chi connectivity index (χ0) is 15.9. The maximum absolute atomic E-state index is 12.0. The average Bonchev–Trinajstić information content (AvgIpc) is 3.19. The summed E-state index contributed by atoms with van der Waals surface area (Å²) in [5, 5.41) is 7.54. The van der Waals surface area contributed by atoms with E-state index in [4.69, 9.17) is 9.05 Å². The van der Waals surface area contributed by atoms with Crippen molar-refractivity contribution in [3.05, 3.63) is 47.6 Å². The molecule has 0 aliphatic carbocycles. The molecule has 0 spiro atoms. The van der Waals surface area contributed by atoms with Gasteiger partial charge in [0.05, 0.1) is 23.3 Å². The number of fused-ring (bicyclic) bond motifs is 1. The molecule has 0 atom stereocenters. The summed E-state index contributed by atoms with van der Waals surface area (Å²) in [5.74, 6) is 1.71. The molecular formula is C15H13N3O4S. The SMILES string of the molecule is O=S1(=O)CCCc2cc(-c3nc(Cc4ccno4)no3)ccc21. The second kappa shape index (κ2) is 5.31. The molecule has 0 amide bonds. The maximum Gasteiger partial charge on any atom is 0.257 e. The normalized spacial score (nSPS) is 16.2. The Kier molecular flexibility index (Phi) is 3.26. The van der Waals surface area contributed by atoms with Gasteiger partial charge in [-0.1, -0.05) is 10.3 Å². The highest BCUT2D eigenvalue weighted by atomic mass is 32.2. The van der Waals surface area contributed by atoms with Crippen molar-refractivity contribution in [3.63, 3.8) is 0 Å². The Hall–Kier alpha value is -2.48. The standard InChI is InChI=1S/C15H13N3O4S/c19-23(20)7-1-2-10-8-11(3-4-13(10)23)15-17-14(18-22-15)9-12-5-6-16-21-12/h3-6,8H,1-2,7,9H2. The molecule has 118 valence electrons. The first kappa shape index (κ1) is 14.1. The third kappa shape index (κ3) is 2.65. The summed E-state index contributed by atoms with van der Waals surface area (Å²) >= 11 is 0. The summed E-state index contributed by atoms with van der Waals surface area (Å²) in [6, 6.07) is 6.88. The Morgan fingerprint density at radius 3 is 2.91 bits per heavy atom. The minimum atomic E-state index is -3.16. The van der Waals surface area contributed by atoms with Crippen LogP contribution in [0.15, 0.2) is 44.4 Å². The fourth-order valence-corrected chi connectivity index (χ4v) is 4.29. The van der Waals surface area contributed by atoms with E-state index in [1.54, 1.807) is 24.4 Å². The van der Waals surface area contributed by atoms with Crippen LogP contribution in [-0.4, -0.2) is 29.5 Å². The minimum absolute atomic E-state index is 0.210. The average molecular weight is 331 g/mol. The number of sulfone groups is 1. The van der Waals surface area contributed by atoms with Gasteiger partial charge in [-0.25, -0.2) is 8.42 Å². The molecule has 0 radical (unpaired) electrons. The molecule has 0 bridgehead atoms. The van der Waals surface area contributed by atoms with Gasteiger partial charge in [-0.3, -0.25) is 0 Å². The highest BCUT2D eigenvalue weighted by molar-refractivity contribution is 7.91. The van der Waals surface area contributed by atoms with Crippen molar-refractivity contribution in [3.8, 4) is 11.5 Å². The van der Waals surface area contributed by atoms with Gasteiger partial charge in [0.1, 0.15) is 5.76 Å². The predicted molar refractivity (Wildman–Crippen MR) is 79.4 cm³/mol. The van der Waals surface area contributed by atoms with Crippen LogP contribution < -0.4 is 0 Å². The molecular weight excluding hydrogens is 318 g/mol. The van der Waals surface area contributed by atoms with Crippen LogP contribution in [0, 0.1) is 0 Å². The second-order valence-corrected chi connectivity index (χ2v) is 7.49. The van der Waals surface area contributed by atoms with E-state index in [0.717, 1.165) is 17.5 Å². The highest BCUT2D eigenvalue weighted by Gasteiger charge is 2.24. The number of hydrogen-bond acceptors (Lipinski definition) is 7.